The van der Waals surface area contributed by atoms with Crippen LogP contribution in [-0.2, 0) is 20.9 Å². The number of carbonyl (C=O) groups is 2. The van der Waals surface area contributed by atoms with Crippen LogP contribution in [0.5, 0.6) is 0 Å². The Labute approximate surface area is 156 Å². The van der Waals surface area contributed by atoms with Crippen LogP contribution in [0, 0.1) is 0 Å². The standard InChI is InChI=1S/C21H31NO4/c1-3-19(15-11-6-4-5-7-12-16-20(23)25-2)22-21(24)26-17-18-13-9-8-10-14-18/h3,8-10,13-14,19H,1,4-7,11-12,15-17H2,2H3,(H,22,24). The van der Waals surface area contributed by atoms with E-state index in [1.807, 2.05) is 30.3 Å². The lowest BCUT2D eigenvalue weighted by molar-refractivity contribution is -0.140. The summed E-state index contributed by atoms with van der Waals surface area (Å²) in [6.45, 7) is 4.05. The van der Waals surface area contributed by atoms with Crippen molar-refractivity contribution in [3.05, 3.63) is 48.6 Å². The predicted molar refractivity (Wildman–Crippen MR) is 103 cm³/mol. The summed E-state index contributed by atoms with van der Waals surface area (Å²) in [5, 5.41) is 2.84. The molecule has 0 spiro atoms. The molecule has 144 valence electrons. The minimum Gasteiger partial charge on any atom is -0.469 e. The third-order valence-electron chi connectivity index (χ3n) is 4.17. The number of esters is 1. The molecule has 0 aliphatic heterocycles. The second-order valence-electron chi connectivity index (χ2n) is 6.28. The summed E-state index contributed by atoms with van der Waals surface area (Å²) in [5.74, 6) is -0.135. The Morgan fingerprint density at radius 3 is 2.38 bits per heavy atom. The SMILES string of the molecule is C=CC(CCCCCCCCC(=O)OC)NC(=O)OCc1ccccc1. The van der Waals surface area contributed by atoms with E-state index in [0.717, 1.165) is 50.5 Å². The van der Waals surface area contributed by atoms with Crippen molar-refractivity contribution in [2.24, 2.45) is 0 Å². The lowest BCUT2D eigenvalue weighted by Crippen LogP contribution is -2.33. The number of rotatable bonds is 13. The molecule has 1 N–H and O–H groups in total. The van der Waals surface area contributed by atoms with Gasteiger partial charge in [-0.05, 0) is 18.4 Å². The average molecular weight is 361 g/mol. The summed E-state index contributed by atoms with van der Waals surface area (Å²) < 4.78 is 9.84. The Balaban J connectivity index is 2.06. The van der Waals surface area contributed by atoms with E-state index in [2.05, 4.69) is 16.6 Å². The molecule has 1 unspecified atom stereocenters. The lowest BCUT2D eigenvalue weighted by atomic mass is 10.1. The van der Waals surface area contributed by atoms with Crippen LogP contribution in [0.3, 0.4) is 0 Å². The molecule has 1 aromatic rings. The Morgan fingerprint density at radius 1 is 1.08 bits per heavy atom. The molecule has 0 radical (unpaired) electrons. The van der Waals surface area contributed by atoms with Crippen molar-refractivity contribution < 1.29 is 19.1 Å². The molecule has 0 aromatic heterocycles. The van der Waals surface area contributed by atoms with Crippen molar-refractivity contribution >= 4 is 12.1 Å². The molecule has 0 aliphatic rings. The molecule has 0 heterocycles. The molecule has 5 nitrogen and oxygen atoms in total. The Bertz CT molecular complexity index is 530. The number of hydrogen-bond donors (Lipinski definition) is 1. The third-order valence-corrected chi connectivity index (χ3v) is 4.17. The van der Waals surface area contributed by atoms with Gasteiger partial charge in [-0.25, -0.2) is 4.79 Å². The fraction of sp³-hybridized carbons (Fsp3) is 0.524. The maximum absolute atomic E-state index is 11.9. The molecule has 0 bridgehead atoms. The molecule has 1 aromatic carbocycles. The summed E-state index contributed by atoms with van der Waals surface area (Å²) in [6.07, 6.45) is 8.99. The summed E-state index contributed by atoms with van der Waals surface area (Å²) >= 11 is 0. The van der Waals surface area contributed by atoms with Crippen LogP contribution in [0.25, 0.3) is 0 Å². The number of unbranched alkanes of at least 4 members (excludes halogenated alkanes) is 5. The monoisotopic (exact) mass is 361 g/mol. The van der Waals surface area contributed by atoms with Crippen LogP contribution in [0.15, 0.2) is 43.0 Å². The van der Waals surface area contributed by atoms with Crippen LogP contribution < -0.4 is 5.32 Å². The molecule has 0 aliphatic carbocycles. The number of benzene rings is 1. The molecule has 0 saturated carbocycles. The van der Waals surface area contributed by atoms with Gasteiger partial charge in [0.25, 0.3) is 0 Å². The first-order valence-corrected chi connectivity index (χ1v) is 9.32. The number of methoxy groups -OCH3 is 1. The molecular formula is C21H31NO4. The highest BCUT2D eigenvalue weighted by molar-refractivity contribution is 5.69. The topological polar surface area (TPSA) is 64.6 Å². The number of amides is 1. The Morgan fingerprint density at radius 2 is 1.73 bits per heavy atom. The van der Waals surface area contributed by atoms with Gasteiger partial charge in [0, 0.05) is 6.42 Å². The Hall–Kier alpha value is -2.30. The van der Waals surface area contributed by atoms with Gasteiger partial charge in [-0.1, -0.05) is 68.5 Å². The zero-order chi connectivity index (χ0) is 19.0. The molecule has 1 amide bonds. The average Bonchev–Trinajstić information content (AvgIpc) is 2.67. The van der Waals surface area contributed by atoms with Gasteiger partial charge in [0.05, 0.1) is 13.2 Å². The molecule has 0 saturated heterocycles. The predicted octanol–water partition coefficient (Wildman–Crippen LogP) is 4.76. The van der Waals surface area contributed by atoms with Crippen LogP contribution >= 0.6 is 0 Å². The van der Waals surface area contributed by atoms with Crippen molar-refractivity contribution in [3.8, 4) is 0 Å². The molecule has 0 fully saturated rings. The summed E-state index contributed by atoms with van der Waals surface area (Å²) in [6, 6.07) is 9.53. The lowest BCUT2D eigenvalue weighted by Gasteiger charge is -2.15. The van der Waals surface area contributed by atoms with E-state index < -0.39 is 6.09 Å². The quantitative estimate of drug-likeness (QED) is 0.312. The van der Waals surface area contributed by atoms with Gasteiger partial charge < -0.3 is 14.8 Å². The van der Waals surface area contributed by atoms with Crippen LogP contribution in [-0.4, -0.2) is 25.2 Å². The van der Waals surface area contributed by atoms with Gasteiger partial charge in [-0.15, -0.1) is 6.58 Å². The first-order valence-electron chi connectivity index (χ1n) is 9.32. The molecule has 5 heteroatoms. The highest BCUT2D eigenvalue weighted by atomic mass is 16.5. The second-order valence-corrected chi connectivity index (χ2v) is 6.28. The smallest absolute Gasteiger partial charge is 0.407 e. The number of hydrogen-bond acceptors (Lipinski definition) is 4. The zero-order valence-electron chi connectivity index (χ0n) is 15.7. The first-order chi connectivity index (χ1) is 12.7. The van der Waals surface area contributed by atoms with Gasteiger partial charge in [0.2, 0.25) is 0 Å². The largest absolute Gasteiger partial charge is 0.469 e. The third kappa shape index (κ3) is 10.5. The van der Waals surface area contributed by atoms with E-state index in [1.54, 1.807) is 6.08 Å². The highest BCUT2D eigenvalue weighted by Crippen LogP contribution is 2.11. The van der Waals surface area contributed by atoms with Gasteiger partial charge in [-0.2, -0.15) is 0 Å². The molecular weight excluding hydrogens is 330 g/mol. The van der Waals surface area contributed by atoms with Crippen molar-refractivity contribution in [2.45, 2.75) is 64.0 Å². The molecule has 26 heavy (non-hydrogen) atoms. The van der Waals surface area contributed by atoms with Crippen LogP contribution in [0.4, 0.5) is 4.79 Å². The minimum atomic E-state index is -0.415. The maximum atomic E-state index is 11.9. The van der Waals surface area contributed by atoms with E-state index in [-0.39, 0.29) is 18.6 Å². The van der Waals surface area contributed by atoms with Crippen LogP contribution in [0.2, 0.25) is 0 Å². The van der Waals surface area contributed by atoms with Crippen molar-refractivity contribution in [1.29, 1.82) is 0 Å². The van der Waals surface area contributed by atoms with Crippen molar-refractivity contribution in [1.82, 2.24) is 5.32 Å². The van der Waals surface area contributed by atoms with E-state index >= 15 is 0 Å². The highest BCUT2D eigenvalue weighted by Gasteiger charge is 2.09. The van der Waals surface area contributed by atoms with Crippen molar-refractivity contribution in [3.63, 3.8) is 0 Å². The molecule has 1 rings (SSSR count). The first kappa shape index (κ1) is 21.7. The number of nitrogens with one attached hydrogen (secondary N) is 1. The van der Waals surface area contributed by atoms with E-state index in [9.17, 15) is 9.59 Å². The van der Waals surface area contributed by atoms with E-state index in [1.165, 1.54) is 7.11 Å². The molecule has 1 atom stereocenters. The summed E-state index contributed by atoms with van der Waals surface area (Å²) in [5.41, 5.74) is 0.963. The maximum Gasteiger partial charge on any atom is 0.407 e. The van der Waals surface area contributed by atoms with Gasteiger partial charge >= 0.3 is 12.1 Å². The minimum absolute atomic E-state index is 0.0717. The van der Waals surface area contributed by atoms with Crippen LogP contribution in [0.1, 0.15) is 56.9 Å². The number of alkyl carbamates (subject to hydrolysis) is 1. The second kappa shape index (κ2) is 13.9. The van der Waals surface area contributed by atoms with E-state index in [0.29, 0.717) is 6.42 Å². The number of carbonyl (C=O) groups excluding carboxylic acids is 2. The fourth-order valence-corrected chi connectivity index (χ4v) is 2.61. The summed E-state index contributed by atoms with van der Waals surface area (Å²) in [7, 11) is 1.42. The Kier molecular flexibility index (Phi) is 11.6. The normalized spacial score (nSPS) is 11.4. The van der Waals surface area contributed by atoms with E-state index in [4.69, 9.17) is 4.74 Å². The number of ether oxygens (including phenoxy) is 2. The van der Waals surface area contributed by atoms with Gasteiger partial charge in [0.1, 0.15) is 6.61 Å². The fourth-order valence-electron chi connectivity index (χ4n) is 2.61. The van der Waals surface area contributed by atoms with Crippen molar-refractivity contribution in [2.75, 3.05) is 7.11 Å². The summed E-state index contributed by atoms with van der Waals surface area (Å²) in [4.78, 5) is 22.8. The van der Waals surface area contributed by atoms with Gasteiger partial charge in [-0.3, -0.25) is 4.79 Å². The van der Waals surface area contributed by atoms with Gasteiger partial charge in [0.15, 0.2) is 0 Å². The zero-order valence-corrected chi connectivity index (χ0v) is 15.7.